The molecular weight excluding hydrogens is 1020 g/mol. The molecule has 0 saturated carbocycles. The average Bonchev–Trinajstić information content (AvgIpc) is 3.52. The average molecular weight is 1090 g/mol. The first-order chi connectivity index (χ1) is 38.7. The minimum Gasteiger partial charge on any atom is -0.462 e. The summed E-state index contributed by atoms with van der Waals surface area (Å²) in [5, 5.41) is 28.3. The molecule has 0 bridgehead atoms. The Labute approximate surface area is 466 Å². The predicted octanol–water partition coefficient (Wildman–Crippen LogP) is 9.52. The lowest BCUT2D eigenvalue weighted by molar-refractivity contribution is -0.303. The predicted molar refractivity (Wildman–Crippen MR) is 299 cm³/mol. The zero-order chi connectivity index (χ0) is 54.9. The van der Waals surface area contributed by atoms with Gasteiger partial charge in [0.15, 0.2) is 0 Å². The number of aliphatic hydroxyl groups is 2. The number of halogens is 1. The number of benzene rings is 7. The maximum absolute atomic E-state index is 13.0. The van der Waals surface area contributed by atoms with E-state index in [0.29, 0.717) is 16.1 Å². The Morgan fingerprint density at radius 2 is 0.835 bits per heavy atom. The monoisotopic (exact) mass is 1090 g/mol. The molecule has 0 unspecified atom stereocenters. The summed E-state index contributed by atoms with van der Waals surface area (Å²) >= 11 is 6.91. The van der Waals surface area contributed by atoms with E-state index in [9.17, 15) is 19.8 Å². The van der Waals surface area contributed by atoms with Crippen LogP contribution in [0.25, 0.3) is 11.1 Å². The smallest absolute Gasteiger partial charge is 0.251 e. The number of carbonyl (C=O) groups excluding carboxylic acids is 2. The molecule has 0 radical (unpaired) electrons. The van der Waals surface area contributed by atoms with Gasteiger partial charge in [0, 0.05) is 36.2 Å². The van der Waals surface area contributed by atoms with Crippen LogP contribution >= 0.6 is 11.6 Å². The van der Waals surface area contributed by atoms with E-state index < -0.39 is 74.3 Å². The van der Waals surface area contributed by atoms with Gasteiger partial charge >= 0.3 is 0 Å². The highest BCUT2D eigenvalue weighted by Crippen LogP contribution is 2.41. The molecule has 9 rings (SSSR count). The minimum absolute atomic E-state index is 0.132. The van der Waals surface area contributed by atoms with Gasteiger partial charge in [-0.15, -0.1) is 0 Å². The third kappa shape index (κ3) is 15.1. The van der Waals surface area contributed by atoms with Crippen molar-refractivity contribution in [2.24, 2.45) is 5.92 Å². The lowest BCUT2D eigenvalue weighted by Gasteiger charge is -2.50. The van der Waals surface area contributed by atoms with Crippen LogP contribution in [-0.4, -0.2) is 104 Å². The van der Waals surface area contributed by atoms with Crippen LogP contribution in [-0.2, 0) is 66.2 Å². The van der Waals surface area contributed by atoms with Crippen molar-refractivity contribution in [3.63, 3.8) is 0 Å². The molecule has 412 valence electrons. The number of amides is 2. The van der Waals surface area contributed by atoms with E-state index >= 15 is 0 Å². The molecule has 79 heavy (non-hydrogen) atoms. The number of rotatable bonds is 24. The number of nitrogens with one attached hydrogen (secondary N) is 2. The van der Waals surface area contributed by atoms with Crippen LogP contribution in [0.5, 0.6) is 5.75 Å². The van der Waals surface area contributed by atoms with Crippen molar-refractivity contribution in [3.8, 4) is 16.9 Å². The van der Waals surface area contributed by atoms with Crippen molar-refractivity contribution in [2.75, 3.05) is 27.3 Å². The van der Waals surface area contributed by atoms with Crippen molar-refractivity contribution < 1.29 is 57.7 Å². The molecule has 4 N–H and O–H groups in total. The summed E-state index contributed by atoms with van der Waals surface area (Å²) in [5.41, 5.74) is 6.18. The Balaban J connectivity index is 1.13. The Morgan fingerprint density at radius 1 is 0.456 bits per heavy atom. The zero-order valence-corrected chi connectivity index (χ0v) is 44.9. The fourth-order valence-electron chi connectivity index (χ4n) is 10.2. The highest BCUT2D eigenvalue weighted by atomic mass is 35.5. The summed E-state index contributed by atoms with van der Waals surface area (Å²) < 4.78 is 55.7. The van der Waals surface area contributed by atoms with E-state index in [1.54, 1.807) is 30.3 Å². The number of hydrogen-bond acceptors (Lipinski definition) is 12. The van der Waals surface area contributed by atoms with Gasteiger partial charge in [-0.3, -0.25) is 9.59 Å². The standard InChI is InChI=1S/C64H67ClN2O12/c1-66-62(70)49-28-47(29-50(30-49)63(71)67-2)48-31-51(65)33-52(32-48)77-64-58(73-38-43-20-10-4-11-21-43)53(57(55(35-68)79-64)72-37-42-18-8-3-9-19-42)34-54-59(74-39-44-22-12-5-13-23-44)61(76-41-46-26-16-7-17-27-46)60(56(36-69)78-54)75-40-45-24-14-6-15-25-45/h3-33,53-61,64,68-69H,34-41H2,1-2H3,(H,66,70)(H,67,71)/t53-,54+,55+,56+,57-,58-,59+,60+,61+,64-/m0/s1. The zero-order valence-electron chi connectivity index (χ0n) is 44.2. The number of carbonyl (C=O) groups is 2. The first-order valence-corrected chi connectivity index (χ1v) is 26.9. The quantitative estimate of drug-likeness (QED) is 0.0453. The summed E-state index contributed by atoms with van der Waals surface area (Å²) in [6.07, 6.45) is -7.87. The molecule has 0 aliphatic carbocycles. The summed E-state index contributed by atoms with van der Waals surface area (Å²) in [6, 6.07) is 58.9. The Hall–Kier alpha value is -6.79. The van der Waals surface area contributed by atoms with E-state index in [1.165, 1.54) is 20.2 Å². The van der Waals surface area contributed by atoms with E-state index in [0.717, 1.165) is 27.8 Å². The molecule has 7 aromatic carbocycles. The van der Waals surface area contributed by atoms with Crippen LogP contribution < -0.4 is 15.4 Å². The molecule has 7 aromatic rings. The van der Waals surface area contributed by atoms with E-state index in [1.807, 2.05) is 152 Å². The topological polar surface area (TPSA) is 172 Å². The van der Waals surface area contributed by atoms with Crippen LogP contribution in [0.3, 0.4) is 0 Å². The summed E-state index contributed by atoms with van der Waals surface area (Å²) in [7, 11) is 3.04. The van der Waals surface area contributed by atoms with Crippen LogP contribution in [0, 0.1) is 5.92 Å². The Morgan fingerprint density at radius 3 is 1.27 bits per heavy atom. The van der Waals surface area contributed by atoms with Gasteiger partial charge in [0.05, 0.1) is 58.5 Å². The lowest BCUT2D eigenvalue weighted by atomic mass is 9.80. The highest BCUT2D eigenvalue weighted by molar-refractivity contribution is 6.31. The second-order valence-corrected chi connectivity index (χ2v) is 20.0. The van der Waals surface area contributed by atoms with Crippen LogP contribution in [0.2, 0.25) is 5.02 Å². The molecular formula is C64H67ClN2O12. The summed E-state index contributed by atoms with van der Waals surface area (Å²) in [5.74, 6) is -1.16. The van der Waals surface area contributed by atoms with E-state index in [4.69, 9.17) is 49.5 Å². The van der Waals surface area contributed by atoms with Gasteiger partial charge < -0.3 is 58.7 Å². The largest absolute Gasteiger partial charge is 0.462 e. The number of ether oxygens (including phenoxy) is 8. The van der Waals surface area contributed by atoms with Crippen LogP contribution in [0.1, 0.15) is 55.0 Å². The Kier molecular flexibility index (Phi) is 20.4. The molecule has 2 aliphatic heterocycles. The van der Waals surface area contributed by atoms with Crippen molar-refractivity contribution in [1.82, 2.24) is 10.6 Å². The maximum Gasteiger partial charge on any atom is 0.251 e. The molecule has 14 nitrogen and oxygen atoms in total. The van der Waals surface area contributed by atoms with Crippen molar-refractivity contribution in [2.45, 2.75) is 94.6 Å². The second kappa shape index (κ2) is 28.4. The van der Waals surface area contributed by atoms with Crippen molar-refractivity contribution in [1.29, 1.82) is 0 Å². The molecule has 2 aliphatic rings. The molecule has 2 fully saturated rings. The number of hydrogen-bond donors (Lipinski definition) is 4. The first kappa shape index (κ1) is 56.9. The SMILES string of the molecule is CNC(=O)c1cc(C(=O)NC)cc(-c2cc(Cl)cc(O[C@H]3O[C@H](CO)[C@@H](OCc4ccccc4)[C@H](C[C@H]4O[C@H](CO)[C@@H](OCc5ccccc5)[C@H](OCc5ccccc5)[C@@H]4OCc4ccccc4)[C@@H]3OCc3ccccc3)c2)c1. The Bertz CT molecular complexity index is 2960. The van der Waals surface area contributed by atoms with Gasteiger partial charge in [-0.2, -0.15) is 0 Å². The van der Waals surface area contributed by atoms with Crippen LogP contribution in [0.4, 0.5) is 0 Å². The van der Waals surface area contributed by atoms with Gasteiger partial charge in [-0.05, 0) is 81.8 Å². The van der Waals surface area contributed by atoms with E-state index in [2.05, 4.69) is 10.6 Å². The van der Waals surface area contributed by atoms with E-state index in [-0.39, 0.29) is 68.1 Å². The summed E-state index contributed by atoms with van der Waals surface area (Å²) in [4.78, 5) is 26.0. The van der Waals surface area contributed by atoms with Crippen molar-refractivity contribution >= 4 is 23.4 Å². The molecule has 0 spiro atoms. The highest BCUT2D eigenvalue weighted by Gasteiger charge is 2.54. The van der Waals surface area contributed by atoms with Gasteiger partial charge in [-0.1, -0.05) is 163 Å². The van der Waals surface area contributed by atoms with Gasteiger partial charge in [0.1, 0.15) is 42.4 Å². The van der Waals surface area contributed by atoms with Crippen molar-refractivity contribution in [3.05, 3.63) is 232 Å². The summed E-state index contributed by atoms with van der Waals surface area (Å²) in [6.45, 7) is 0.0550. The molecule has 2 amide bonds. The molecule has 15 heteroatoms. The molecule has 0 aromatic heterocycles. The fourth-order valence-corrected chi connectivity index (χ4v) is 10.5. The molecule has 2 saturated heterocycles. The maximum atomic E-state index is 13.0. The van der Waals surface area contributed by atoms with Gasteiger partial charge in [0.25, 0.3) is 11.8 Å². The lowest BCUT2D eigenvalue weighted by Crippen LogP contribution is -2.64. The van der Waals surface area contributed by atoms with Gasteiger partial charge in [0.2, 0.25) is 6.29 Å². The first-order valence-electron chi connectivity index (χ1n) is 26.6. The third-order valence-electron chi connectivity index (χ3n) is 14.2. The number of aliphatic hydroxyl groups excluding tert-OH is 2. The molecule has 2 heterocycles. The van der Waals surface area contributed by atoms with Crippen LogP contribution in [0.15, 0.2) is 188 Å². The second-order valence-electron chi connectivity index (χ2n) is 19.6. The third-order valence-corrected chi connectivity index (χ3v) is 14.4. The molecule has 10 atom stereocenters. The van der Waals surface area contributed by atoms with Gasteiger partial charge in [-0.25, -0.2) is 0 Å². The fraction of sp³-hybridized carbons (Fsp3) is 0.312. The minimum atomic E-state index is -1.21. The normalized spacial score (nSPS) is 22.9.